The third-order valence-corrected chi connectivity index (χ3v) is 13.1. The molecule has 412 valence electrons. The Hall–Kier alpha value is -3.10. The Bertz CT molecular complexity index is 1580. The topological polar surface area (TPSA) is 105 Å². The number of aliphatic hydroxyl groups is 1. The summed E-state index contributed by atoms with van der Waals surface area (Å²) >= 11 is 0. The Morgan fingerprint density at radius 1 is 0.486 bits per heavy atom. The minimum absolute atomic E-state index is 0.0482. The van der Waals surface area contributed by atoms with E-state index in [0.29, 0.717) is 17.4 Å². The molecule has 0 aliphatic rings. The largest absolute Gasteiger partial charge is 0.472 e. The monoisotopic (exact) mass is 1020 g/mol. The lowest BCUT2D eigenvalue weighted by Crippen LogP contribution is -2.45. The van der Waals surface area contributed by atoms with Gasteiger partial charge < -0.3 is 19.8 Å². The van der Waals surface area contributed by atoms with Gasteiger partial charge in [0.2, 0.25) is 5.91 Å². The molecule has 72 heavy (non-hydrogen) atoms. The number of carbonyl (C=O) groups excluding carboxylic acids is 1. The Morgan fingerprint density at radius 2 is 0.847 bits per heavy atom. The quantitative estimate of drug-likeness (QED) is 0.0243. The van der Waals surface area contributed by atoms with Crippen LogP contribution in [0.1, 0.15) is 219 Å². The van der Waals surface area contributed by atoms with Gasteiger partial charge in [0.1, 0.15) is 13.2 Å². The van der Waals surface area contributed by atoms with Crippen molar-refractivity contribution >= 4 is 13.7 Å². The molecular weight excluding hydrogens is 912 g/mol. The number of nitrogens with one attached hydrogen (secondary N) is 1. The molecule has 0 heterocycles. The molecule has 9 heteroatoms. The second-order valence-corrected chi connectivity index (χ2v) is 21.7. The fourth-order valence-corrected chi connectivity index (χ4v) is 8.40. The smallest absolute Gasteiger partial charge is 0.387 e. The fourth-order valence-electron chi connectivity index (χ4n) is 7.66. The van der Waals surface area contributed by atoms with E-state index in [1.807, 2.05) is 27.2 Å². The molecular formula is C63H110N2O6P+. The van der Waals surface area contributed by atoms with Gasteiger partial charge in [0.05, 0.1) is 39.9 Å². The molecule has 3 atom stereocenters. The summed E-state index contributed by atoms with van der Waals surface area (Å²) in [6, 6.07) is -0.877. The van der Waals surface area contributed by atoms with Crippen molar-refractivity contribution in [3.63, 3.8) is 0 Å². The van der Waals surface area contributed by atoms with Gasteiger partial charge >= 0.3 is 7.82 Å². The van der Waals surface area contributed by atoms with Gasteiger partial charge in [-0.05, 0) is 96.3 Å². The SMILES string of the molecule is CC/C=C\C/C=C\C/C=C\C/C=C\C/C=C\C/C=C\C/C=C\C/C=C\CCCCCCCCCCC(=O)NC(COP(=O)(O)OCC[N+](C)(C)C)C(O)/C=C/CC/C=C/CCCCCCCCCCCCC. The van der Waals surface area contributed by atoms with E-state index < -0.39 is 20.0 Å². The van der Waals surface area contributed by atoms with Crippen LogP contribution in [0, 0.1) is 0 Å². The number of quaternary nitrogens is 1. The van der Waals surface area contributed by atoms with E-state index in [9.17, 15) is 19.4 Å². The number of hydrogen-bond acceptors (Lipinski definition) is 5. The lowest BCUT2D eigenvalue weighted by Gasteiger charge is -2.25. The molecule has 0 radical (unpaired) electrons. The summed E-state index contributed by atoms with van der Waals surface area (Å²) in [5.41, 5.74) is 0. The first-order valence-corrected chi connectivity index (χ1v) is 30.4. The van der Waals surface area contributed by atoms with E-state index in [1.54, 1.807) is 6.08 Å². The number of rotatable bonds is 51. The van der Waals surface area contributed by atoms with Gasteiger partial charge in [0.25, 0.3) is 0 Å². The zero-order valence-corrected chi connectivity index (χ0v) is 47.8. The van der Waals surface area contributed by atoms with Crippen molar-refractivity contribution in [1.29, 1.82) is 0 Å². The van der Waals surface area contributed by atoms with Crippen LogP contribution in [0.15, 0.2) is 122 Å². The minimum atomic E-state index is -4.36. The normalized spacial score (nSPS) is 14.8. The first kappa shape index (κ1) is 68.9. The van der Waals surface area contributed by atoms with Crippen LogP contribution in [-0.4, -0.2) is 73.4 Å². The highest BCUT2D eigenvalue weighted by molar-refractivity contribution is 7.47. The fraction of sp³-hybridized carbons (Fsp3) is 0.667. The van der Waals surface area contributed by atoms with Crippen molar-refractivity contribution in [2.45, 2.75) is 231 Å². The molecule has 3 unspecified atom stereocenters. The zero-order chi connectivity index (χ0) is 52.7. The van der Waals surface area contributed by atoms with E-state index in [2.05, 4.69) is 129 Å². The zero-order valence-electron chi connectivity index (χ0n) is 46.9. The summed E-state index contributed by atoms with van der Waals surface area (Å²) in [7, 11) is 1.53. The Balaban J connectivity index is 4.26. The number of nitrogens with zero attached hydrogens (tertiary/aromatic N) is 1. The van der Waals surface area contributed by atoms with Crippen LogP contribution in [0.2, 0.25) is 0 Å². The molecule has 0 aromatic carbocycles. The molecule has 0 saturated carbocycles. The van der Waals surface area contributed by atoms with Crippen molar-refractivity contribution in [3.05, 3.63) is 122 Å². The van der Waals surface area contributed by atoms with Crippen LogP contribution in [0.25, 0.3) is 0 Å². The number of carbonyl (C=O) groups is 1. The molecule has 0 aliphatic heterocycles. The van der Waals surface area contributed by atoms with Crippen LogP contribution < -0.4 is 5.32 Å². The third kappa shape index (κ3) is 54.7. The molecule has 0 aromatic heterocycles. The van der Waals surface area contributed by atoms with Crippen molar-refractivity contribution < 1.29 is 32.9 Å². The maximum absolute atomic E-state index is 13.0. The van der Waals surface area contributed by atoms with E-state index in [0.717, 1.165) is 103 Å². The highest BCUT2D eigenvalue weighted by atomic mass is 31.2. The molecule has 1 amide bonds. The van der Waals surface area contributed by atoms with E-state index in [1.165, 1.54) is 96.3 Å². The predicted octanol–water partition coefficient (Wildman–Crippen LogP) is 17.8. The molecule has 0 aromatic rings. The Kier molecular flexibility index (Phi) is 50.5. The van der Waals surface area contributed by atoms with Gasteiger partial charge in [0, 0.05) is 6.42 Å². The molecule has 8 nitrogen and oxygen atoms in total. The number of likely N-dealkylation sites (N-methyl/N-ethyl adjacent to an activating group) is 1. The van der Waals surface area contributed by atoms with Crippen LogP contribution in [0.4, 0.5) is 0 Å². The highest BCUT2D eigenvalue weighted by Crippen LogP contribution is 2.43. The molecule has 0 rings (SSSR count). The third-order valence-electron chi connectivity index (χ3n) is 12.2. The summed E-state index contributed by atoms with van der Waals surface area (Å²) < 4.78 is 23.7. The molecule has 0 bridgehead atoms. The number of amides is 1. The predicted molar refractivity (Wildman–Crippen MR) is 313 cm³/mol. The Morgan fingerprint density at radius 3 is 1.28 bits per heavy atom. The van der Waals surface area contributed by atoms with Gasteiger partial charge in [-0.1, -0.05) is 238 Å². The van der Waals surface area contributed by atoms with Crippen molar-refractivity contribution in [2.24, 2.45) is 0 Å². The van der Waals surface area contributed by atoms with Crippen LogP contribution >= 0.6 is 7.82 Å². The number of aliphatic hydroxyl groups excluding tert-OH is 1. The Labute approximate surface area is 444 Å². The maximum atomic E-state index is 13.0. The lowest BCUT2D eigenvalue weighted by atomic mass is 10.1. The lowest BCUT2D eigenvalue weighted by molar-refractivity contribution is -0.870. The molecule has 0 aliphatic carbocycles. The van der Waals surface area contributed by atoms with Crippen LogP contribution in [0.3, 0.4) is 0 Å². The van der Waals surface area contributed by atoms with Gasteiger partial charge in [-0.15, -0.1) is 0 Å². The van der Waals surface area contributed by atoms with Gasteiger partial charge in [-0.3, -0.25) is 13.8 Å². The van der Waals surface area contributed by atoms with Crippen molar-refractivity contribution in [1.82, 2.24) is 5.32 Å². The number of phosphoric acid groups is 1. The van der Waals surface area contributed by atoms with E-state index >= 15 is 0 Å². The average Bonchev–Trinajstić information content (AvgIpc) is 3.34. The second kappa shape index (κ2) is 52.8. The second-order valence-electron chi connectivity index (χ2n) is 20.3. The van der Waals surface area contributed by atoms with Crippen LogP contribution in [-0.2, 0) is 18.4 Å². The first-order valence-electron chi connectivity index (χ1n) is 28.9. The van der Waals surface area contributed by atoms with E-state index in [-0.39, 0.29) is 19.1 Å². The number of hydrogen-bond donors (Lipinski definition) is 3. The number of allylic oxidation sites excluding steroid dienone is 19. The van der Waals surface area contributed by atoms with Gasteiger partial charge in [-0.2, -0.15) is 0 Å². The standard InChI is InChI=1S/C63H109N2O6P/c1-6-8-10-12-14-16-18-20-22-24-25-26-27-28-29-30-31-32-33-34-35-36-37-38-39-41-43-45-47-49-51-53-55-57-63(67)64-61(60-71-72(68,69)70-59-58-65(3,4)5)62(66)56-54-52-50-48-46-44-42-40-23-21-19-17-15-13-11-9-7-2/h8,10,14,16,20,22,25-26,28-29,31-32,34-35,37-38,46,48,54,56,61-62,66H,6-7,9,11-13,15,17-19,21,23-24,27,30,33,36,39-45,47,49-53,55,57-60H2,1-5H3,(H-,64,67,68,69)/p+1/b10-8-,16-14-,22-20-,26-25-,29-28-,32-31-,35-34-,38-37-,48-46+,56-54+. The summed E-state index contributed by atoms with van der Waals surface area (Å²) in [4.78, 5) is 23.3. The maximum Gasteiger partial charge on any atom is 0.472 e. The highest BCUT2D eigenvalue weighted by Gasteiger charge is 2.27. The minimum Gasteiger partial charge on any atom is -0.387 e. The summed E-state index contributed by atoms with van der Waals surface area (Å²) in [6.07, 6.45) is 78.7. The van der Waals surface area contributed by atoms with Crippen molar-refractivity contribution in [3.8, 4) is 0 Å². The van der Waals surface area contributed by atoms with Gasteiger partial charge in [0.15, 0.2) is 0 Å². The van der Waals surface area contributed by atoms with Crippen LogP contribution in [0.5, 0.6) is 0 Å². The molecule has 0 saturated heterocycles. The van der Waals surface area contributed by atoms with E-state index in [4.69, 9.17) is 9.05 Å². The summed E-state index contributed by atoms with van der Waals surface area (Å²) in [6.45, 7) is 4.66. The summed E-state index contributed by atoms with van der Waals surface area (Å²) in [5, 5.41) is 13.9. The number of unbranched alkanes of at least 4 members (excludes halogenated alkanes) is 20. The molecule has 0 fully saturated rings. The van der Waals surface area contributed by atoms with Crippen molar-refractivity contribution in [2.75, 3.05) is 40.9 Å². The number of phosphoric ester groups is 1. The van der Waals surface area contributed by atoms with Gasteiger partial charge in [-0.25, -0.2) is 4.57 Å². The average molecular weight is 1020 g/mol. The first-order chi connectivity index (χ1) is 35.0. The summed E-state index contributed by atoms with van der Waals surface area (Å²) in [5.74, 6) is -0.200. The molecule has 3 N–H and O–H groups in total. The molecule has 0 spiro atoms.